The number of carbonyl (C=O) groups is 1. The summed E-state index contributed by atoms with van der Waals surface area (Å²) < 4.78 is 28.3. The van der Waals surface area contributed by atoms with E-state index in [0.29, 0.717) is 11.4 Å². The molecule has 2 rings (SSSR count). The van der Waals surface area contributed by atoms with Crippen molar-refractivity contribution >= 4 is 33.0 Å². The van der Waals surface area contributed by atoms with Crippen LogP contribution in [0.2, 0.25) is 0 Å². The third-order valence-electron chi connectivity index (χ3n) is 3.36. The minimum Gasteiger partial charge on any atom is -0.497 e. The lowest BCUT2D eigenvalue weighted by molar-refractivity contribution is -0.117. The molecule has 0 aliphatic carbocycles. The molecule has 1 aliphatic rings. The fourth-order valence-corrected chi connectivity index (χ4v) is 4.28. The standard InChI is InChI=1S/C13H16ClNO5S/c1-20-10-4-2-9(3-5-10)15(13(17)6-14)11-7-21(18,19)8-12(11)16/h2-5,11-12,16H,6-8H2,1H3/t11-,12+/m0/s1. The van der Waals surface area contributed by atoms with Gasteiger partial charge < -0.3 is 14.7 Å². The summed E-state index contributed by atoms with van der Waals surface area (Å²) in [5, 5.41) is 9.96. The van der Waals surface area contributed by atoms with Crippen LogP contribution < -0.4 is 9.64 Å². The molecule has 2 atom stereocenters. The molecule has 0 unspecified atom stereocenters. The second-order valence-corrected chi connectivity index (χ2v) is 7.23. The van der Waals surface area contributed by atoms with E-state index in [1.165, 1.54) is 12.0 Å². The highest BCUT2D eigenvalue weighted by Gasteiger charge is 2.42. The third-order valence-corrected chi connectivity index (χ3v) is 5.29. The molecule has 6 nitrogen and oxygen atoms in total. The fraction of sp³-hybridized carbons (Fsp3) is 0.462. The Balaban J connectivity index is 2.36. The number of amides is 1. The average Bonchev–Trinajstić information content (AvgIpc) is 2.72. The second kappa shape index (κ2) is 6.21. The van der Waals surface area contributed by atoms with Gasteiger partial charge in [0.05, 0.1) is 30.8 Å². The first-order valence-corrected chi connectivity index (χ1v) is 8.64. The van der Waals surface area contributed by atoms with Crippen molar-refractivity contribution in [3.05, 3.63) is 24.3 Å². The SMILES string of the molecule is COc1ccc(N(C(=O)CCl)[C@H]2CS(=O)(=O)C[C@H]2O)cc1. The maximum Gasteiger partial charge on any atom is 0.242 e. The van der Waals surface area contributed by atoms with Crippen LogP contribution in [-0.4, -0.2) is 56.1 Å². The number of methoxy groups -OCH3 is 1. The van der Waals surface area contributed by atoms with Crippen LogP contribution in [0, 0.1) is 0 Å². The minimum absolute atomic E-state index is 0.275. The number of ether oxygens (including phenoxy) is 1. The lowest BCUT2D eigenvalue weighted by Crippen LogP contribution is -2.47. The molecule has 0 spiro atoms. The molecule has 116 valence electrons. The zero-order valence-electron chi connectivity index (χ0n) is 11.4. The van der Waals surface area contributed by atoms with Crippen molar-refractivity contribution in [1.29, 1.82) is 0 Å². The zero-order chi connectivity index (χ0) is 15.6. The molecule has 1 N–H and O–H groups in total. The summed E-state index contributed by atoms with van der Waals surface area (Å²) in [7, 11) is -1.85. The Morgan fingerprint density at radius 1 is 1.38 bits per heavy atom. The molecule has 1 aromatic rings. The summed E-state index contributed by atoms with van der Waals surface area (Å²) in [5.41, 5.74) is 0.475. The number of halogens is 1. The van der Waals surface area contributed by atoms with E-state index >= 15 is 0 Å². The Bertz CT molecular complexity index is 616. The van der Waals surface area contributed by atoms with Gasteiger partial charge in [-0.2, -0.15) is 0 Å². The van der Waals surface area contributed by atoms with Gasteiger partial charge in [-0.25, -0.2) is 8.42 Å². The number of carbonyl (C=O) groups excluding carboxylic acids is 1. The van der Waals surface area contributed by atoms with E-state index in [0.717, 1.165) is 0 Å². The predicted molar refractivity (Wildman–Crippen MR) is 79.6 cm³/mol. The van der Waals surface area contributed by atoms with Crippen LogP contribution in [0.15, 0.2) is 24.3 Å². The first-order chi connectivity index (χ1) is 9.88. The van der Waals surface area contributed by atoms with Crippen molar-refractivity contribution in [3.63, 3.8) is 0 Å². The smallest absolute Gasteiger partial charge is 0.242 e. The van der Waals surface area contributed by atoms with Gasteiger partial charge in [0, 0.05) is 5.69 Å². The lowest BCUT2D eigenvalue weighted by atomic mass is 10.1. The molecule has 1 saturated heterocycles. The molecule has 0 bridgehead atoms. The number of aliphatic hydroxyl groups is 1. The van der Waals surface area contributed by atoms with Crippen LogP contribution in [0.5, 0.6) is 5.75 Å². The van der Waals surface area contributed by atoms with E-state index in [9.17, 15) is 18.3 Å². The average molecular weight is 334 g/mol. The van der Waals surface area contributed by atoms with Gasteiger partial charge in [-0.3, -0.25) is 4.79 Å². The summed E-state index contributed by atoms with van der Waals surface area (Å²) in [6.45, 7) is 0. The van der Waals surface area contributed by atoms with Gasteiger partial charge in [0.15, 0.2) is 9.84 Å². The minimum atomic E-state index is -3.36. The van der Waals surface area contributed by atoms with E-state index in [1.807, 2.05) is 0 Å². The van der Waals surface area contributed by atoms with E-state index in [4.69, 9.17) is 16.3 Å². The summed E-state index contributed by atoms with van der Waals surface area (Å²) in [6, 6.07) is 5.73. The number of anilines is 1. The lowest BCUT2D eigenvalue weighted by Gasteiger charge is -2.30. The summed E-state index contributed by atoms with van der Waals surface area (Å²) in [6.07, 6.45) is -1.12. The Kier molecular flexibility index (Phi) is 4.75. The quantitative estimate of drug-likeness (QED) is 0.808. The second-order valence-electron chi connectivity index (χ2n) is 4.81. The van der Waals surface area contributed by atoms with Crippen LogP contribution in [-0.2, 0) is 14.6 Å². The molecular weight excluding hydrogens is 318 g/mol. The molecule has 1 aliphatic heterocycles. The number of hydrogen-bond acceptors (Lipinski definition) is 5. The van der Waals surface area contributed by atoms with Gasteiger partial charge in [0.2, 0.25) is 5.91 Å². The Morgan fingerprint density at radius 3 is 2.43 bits per heavy atom. The van der Waals surface area contributed by atoms with Crippen LogP contribution >= 0.6 is 11.6 Å². The summed E-state index contributed by atoms with van der Waals surface area (Å²) >= 11 is 5.61. The molecule has 1 fully saturated rings. The van der Waals surface area contributed by atoms with Crippen molar-refractivity contribution in [1.82, 2.24) is 0 Å². The van der Waals surface area contributed by atoms with E-state index in [2.05, 4.69) is 0 Å². The van der Waals surface area contributed by atoms with Crippen molar-refractivity contribution < 1.29 is 23.1 Å². The number of aliphatic hydroxyl groups excluding tert-OH is 1. The Labute approximate surface area is 128 Å². The highest BCUT2D eigenvalue weighted by molar-refractivity contribution is 7.91. The Hall–Kier alpha value is -1.31. The first-order valence-electron chi connectivity index (χ1n) is 6.28. The molecular formula is C13H16ClNO5S. The van der Waals surface area contributed by atoms with E-state index in [-0.39, 0.29) is 17.4 Å². The number of hydrogen-bond donors (Lipinski definition) is 1. The summed E-state index contributed by atoms with van der Waals surface area (Å²) in [5.74, 6) is -0.766. The summed E-state index contributed by atoms with van der Waals surface area (Å²) in [4.78, 5) is 13.3. The van der Waals surface area contributed by atoms with Gasteiger partial charge >= 0.3 is 0 Å². The van der Waals surface area contributed by atoms with Crippen LogP contribution in [0.3, 0.4) is 0 Å². The molecule has 1 amide bonds. The normalized spacial score (nSPS) is 23.8. The van der Waals surface area contributed by atoms with E-state index < -0.39 is 27.9 Å². The molecule has 0 saturated carbocycles. The molecule has 0 radical (unpaired) electrons. The number of sulfone groups is 1. The molecule has 21 heavy (non-hydrogen) atoms. The van der Waals surface area contributed by atoms with Crippen LogP contribution in [0.25, 0.3) is 0 Å². The van der Waals surface area contributed by atoms with Gasteiger partial charge in [0.1, 0.15) is 11.6 Å². The molecule has 0 aromatic heterocycles. The van der Waals surface area contributed by atoms with Crippen molar-refractivity contribution in [2.75, 3.05) is 29.4 Å². The van der Waals surface area contributed by atoms with Crippen molar-refractivity contribution in [3.8, 4) is 5.75 Å². The zero-order valence-corrected chi connectivity index (χ0v) is 13.0. The van der Waals surface area contributed by atoms with Crippen LogP contribution in [0.4, 0.5) is 5.69 Å². The molecule has 1 heterocycles. The maximum atomic E-state index is 12.1. The van der Waals surface area contributed by atoms with Gasteiger partial charge in [-0.05, 0) is 24.3 Å². The molecule has 8 heteroatoms. The fourth-order valence-electron chi connectivity index (χ4n) is 2.38. The van der Waals surface area contributed by atoms with Gasteiger partial charge in [-0.15, -0.1) is 11.6 Å². The number of nitrogens with zero attached hydrogens (tertiary/aromatic N) is 1. The highest BCUT2D eigenvalue weighted by atomic mass is 35.5. The van der Waals surface area contributed by atoms with Gasteiger partial charge in [-0.1, -0.05) is 0 Å². The van der Waals surface area contributed by atoms with Crippen molar-refractivity contribution in [2.24, 2.45) is 0 Å². The predicted octanol–water partition coefficient (Wildman–Crippen LogP) is 0.425. The number of alkyl halides is 1. The van der Waals surface area contributed by atoms with E-state index in [1.54, 1.807) is 24.3 Å². The largest absolute Gasteiger partial charge is 0.497 e. The number of rotatable bonds is 4. The highest BCUT2D eigenvalue weighted by Crippen LogP contribution is 2.27. The topological polar surface area (TPSA) is 83.9 Å². The van der Waals surface area contributed by atoms with Crippen LogP contribution in [0.1, 0.15) is 0 Å². The van der Waals surface area contributed by atoms with Gasteiger partial charge in [0.25, 0.3) is 0 Å². The molecule has 1 aromatic carbocycles. The number of benzene rings is 1. The first kappa shape index (κ1) is 16.1. The monoisotopic (exact) mass is 333 g/mol. The third kappa shape index (κ3) is 3.48. The Morgan fingerprint density at radius 2 is 2.00 bits per heavy atom. The maximum absolute atomic E-state index is 12.1. The van der Waals surface area contributed by atoms with Crippen molar-refractivity contribution in [2.45, 2.75) is 12.1 Å².